The zero-order chi connectivity index (χ0) is 14.5. The van der Waals surface area contributed by atoms with Gasteiger partial charge in [-0.3, -0.25) is 0 Å². The molecule has 0 aliphatic carbocycles. The standard InChI is InChI=1S/C17H27NOS2/c1-2-18-16(12-15-4-3-9-21-15)14-5-8-19-17(13-14)6-10-20-11-7-17/h3-4,9,14,16,18H,2,5-8,10-13H2,1H3. The first-order chi connectivity index (χ1) is 10.3. The Morgan fingerprint density at radius 1 is 1.43 bits per heavy atom. The third-order valence-electron chi connectivity index (χ3n) is 4.97. The summed E-state index contributed by atoms with van der Waals surface area (Å²) in [5, 5.41) is 5.96. The predicted molar refractivity (Wildman–Crippen MR) is 93.5 cm³/mol. The van der Waals surface area contributed by atoms with Crippen LogP contribution in [0, 0.1) is 5.92 Å². The van der Waals surface area contributed by atoms with Crippen LogP contribution in [0.3, 0.4) is 0 Å². The van der Waals surface area contributed by atoms with Crippen molar-refractivity contribution in [2.45, 2.75) is 50.7 Å². The van der Waals surface area contributed by atoms with Crippen LogP contribution < -0.4 is 5.32 Å². The Bertz CT molecular complexity index is 409. The summed E-state index contributed by atoms with van der Waals surface area (Å²) < 4.78 is 6.26. The van der Waals surface area contributed by atoms with E-state index in [0.29, 0.717) is 6.04 Å². The minimum Gasteiger partial charge on any atom is -0.375 e. The molecule has 1 aromatic heterocycles. The summed E-state index contributed by atoms with van der Waals surface area (Å²) in [6.45, 7) is 4.26. The van der Waals surface area contributed by atoms with Gasteiger partial charge in [-0.25, -0.2) is 0 Å². The van der Waals surface area contributed by atoms with E-state index in [1.54, 1.807) is 0 Å². The maximum atomic E-state index is 6.26. The molecule has 118 valence electrons. The number of hydrogen-bond acceptors (Lipinski definition) is 4. The Hall–Kier alpha value is -0.0300. The molecule has 0 saturated carbocycles. The molecule has 1 spiro atoms. The van der Waals surface area contributed by atoms with E-state index in [9.17, 15) is 0 Å². The summed E-state index contributed by atoms with van der Waals surface area (Å²) in [5.74, 6) is 3.33. The van der Waals surface area contributed by atoms with Crippen LogP contribution in [0.4, 0.5) is 0 Å². The van der Waals surface area contributed by atoms with Gasteiger partial charge in [0.25, 0.3) is 0 Å². The highest BCUT2D eigenvalue weighted by molar-refractivity contribution is 7.99. The van der Waals surface area contributed by atoms with Crippen molar-refractivity contribution < 1.29 is 4.74 Å². The van der Waals surface area contributed by atoms with Crippen molar-refractivity contribution in [3.63, 3.8) is 0 Å². The molecule has 2 aliphatic heterocycles. The summed E-state index contributed by atoms with van der Waals surface area (Å²) in [6.07, 6.45) is 6.17. The van der Waals surface area contributed by atoms with Crippen molar-refractivity contribution in [2.75, 3.05) is 24.7 Å². The minimum atomic E-state index is 0.206. The number of ether oxygens (including phenoxy) is 1. The maximum absolute atomic E-state index is 6.26. The highest BCUT2D eigenvalue weighted by Crippen LogP contribution is 2.41. The molecule has 1 aromatic rings. The molecule has 2 fully saturated rings. The Kier molecular flexibility index (Phi) is 5.66. The molecule has 3 heterocycles. The molecule has 21 heavy (non-hydrogen) atoms. The van der Waals surface area contributed by atoms with Crippen LogP contribution in [-0.2, 0) is 11.2 Å². The van der Waals surface area contributed by atoms with Gasteiger partial charge in [-0.1, -0.05) is 13.0 Å². The zero-order valence-corrected chi connectivity index (χ0v) is 14.6. The molecule has 2 nitrogen and oxygen atoms in total. The van der Waals surface area contributed by atoms with E-state index in [0.717, 1.165) is 19.1 Å². The van der Waals surface area contributed by atoms with E-state index < -0.39 is 0 Å². The van der Waals surface area contributed by atoms with Crippen LogP contribution in [-0.4, -0.2) is 36.3 Å². The Morgan fingerprint density at radius 2 is 2.29 bits per heavy atom. The number of nitrogens with one attached hydrogen (secondary N) is 1. The monoisotopic (exact) mass is 325 g/mol. The Labute approximate surface area is 137 Å². The average molecular weight is 326 g/mol. The van der Waals surface area contributed by atoms with Gasteiger partial charge in [0.2, 0.25) is 0 Å². The van der Waals surface area contributed by atoms with Gasteiger partial charge in [0, 0.05) is 17.5 Å². The third-order valence-corrected chi connectivity index (χ3v) is 6.86. The lowest BCUT2D eigenvalue weighted by molar-refractivity contribution is -0.107. The van der Waals surface area contributed by atoms with Crippen LogP contribution >= 0.6 is 23.1 Å². The molecule has 4 heteroatoms. The van der Waals surface area contributed by atoms with Crippen molar-refractivity contribution in [3.8, 4) is 0 Å². The Balaban J connectivity index is 1.66. The lowest BCUT2D eigenvalue weighted by Crippen LogP contribution is -2.49. The summed E-state index contributed by atoms with van der Waals surface area (Å²) in [6, 6.07) is 5.07. The zero-order valence-electron chi connectivity index (χ0n) is 13.0. The second-order valence-corrected chi connectivity index (χ2v) is 8.60. The van der Waals surface area contributed by atoms with E-state index in [1.807, 2.05) is 11.3 Å². The average Bonchev–Trinajstić information content (AvgIpc) is 3.01. The van der Waals surface area contributed by atoms with Crippen LogP contribution in [0.25, 0.3) is 0 Å². The molecule has 2 atom stereocenters. The molecule has 1 N–H and O–H groups in total. The van der Waals surface area contributed by atoms with E-state index in [-0.39, 0.29) is 5.60 Å². The fourth-order valence-electron chi connectivity index (χ4n) is 3.81. The quantitative estimate of drug-likeness (QED) is 0.885. The van der Waals surface area contributed by atoms with Crippen LogP contribution in [0.15, 0.2) is 17.5 Å². The van der Waals surface area contributed by atoms with Crippen molar-refractivity contribution in [1.29, 1.82) is 0 Å². The summed E-state index contributed by atoms with van der Waals surface area (Å²) in [7, 11) is 0. The molecule has 0 aromatic carbocycles. The fraction of sp³-hybridized carbons (Fsp3) is 0.765. The smallest absolute Gasteiger partial charge is 0.0701 e. The van der Waals surface area contributed by atoms with Gasteiger partial charge in [-0.15, -0.1) is 11.3 Å². The second-order valence-electron chi connectivity index (χ2n) is 6.34. The van der Waals surface area contributed by atoms with Crippen molar-refractivity contribution in [2.24, 2.45) is 5.92 Å². The van der Waals surface area contributed by atoms with E-state index in [2.05, 4.69) is 41.5 Å². The highest BCUT2D eigenvalue weighted by atomic mass is 32.2. The second kappa shape index (κ2) is 7.49. The number of thiophene rings is 1. The fourth-order valence-corrected chi connectivity index (χ4v) is 5.82. The van der Waals surface area contributed by atoms with Crippen molar-refractivity contribution in [1.82, 2.24) is 5.32 Å². The number of hydrogen-bond donors (Lipinski definition) is 1. The van der Waals surface area contributed by atoms with Gasteiger partial charge in [0.1, 0.15) is 0 Å². The van der Waals surface area contributed by atoms with Crippen molar-refractivity contribution >= 4 is 23.1 Å². The SMILES string of the molecule is CCNC(Cc1cccs1)C1CCOC2(CCSCC2)C1. The van der Waals surface area contributed by atoms with Crippen LogP contribution in [0.5, 0.6) is 0 Å². The molecule has 3 rings (SSSR count). The number of thioether (sulfide) groups is 1. The van der Waals surface area contributed by atoms with Gasteiger partial charge in [0.15, 0.2) is 0 Å². The van der Waals surface area contributed by atoms with Gasteiger partial charge in [0.05, 0.1) is 5.60 Å². The minimum absolute atomic E-state index is 0.206. The molecule has 0 amide bonds. The molecule has 2 saturated heterocycles. The topological polar surface area (TPSA) is 21.3 Å². The van der Waals surface area contributed by atoms with Gasteiger partial charge in [-0.2, -0.15) is 11.8 Å². The van der Waals surface area contributed by atoms with Crippen LogP contribution in [0.2, 0.25) is 0 Å². The first kappa shape index (κ1) is 15.9. The largest absolute Gasteiger partial charge is 0.375 e. The van der Waals surface area contributed by atoms with Gasteiger partial charge < -0.3 is 10.1 Å². The highest BCUT2D eigenvalue weighted by Gasteiger charge is 2.40. The summed E-state index contributed by atoms with van der Waals surface area (Å²) >= 11 is 3.99. The Morgan fingerprint density at radius 3 is 3.00 bits per heavy atom. The normalized spacial score (nSPS) is 26.8. The summed E-state index contributed by atoms with van der Waals surface area (Å²) in [5.41, 5.74) is 0.206. The van der Waals surface area contributed by atoms with E-state index in [4.69, 9.17) is 4.74 Å². The molecule has 0 radical (unpaired) electrons. The lowest BCUT2D eigenvalue weighted by atomic mass is 9.77. The molecule has 2 unspecified atom stereocenters. The van der Waals surface area contributed by atoms with Crippen LogP contribution in [0.1, 0.15) is 37.5 Å². The first-order valence-electron chi connectivity index (χ1n) is 8.29. The van der Waals surface area contributed by atoms with Gasteiger partial charge >= 0.3 is 0 Å². The molecule has 0 bridgehead atoms. The number of likely N-dealkylation sites (N-methyl/N-ethyl adjacent to an activating group) is 1. The van der Waals surface area contributed by atoms with Crippen molar-refractivity contribution in [3.05, 3.63) is 22.4 Å². The van der Waals surface area contributed by atoms with E-state index >= 15 is 0 Å². The predicted octanol–water partition coefficient (Wildman–Crippen LogP) is 3.96. The maximum Gasteiger partial charge on any atom is 0.0701 e. The molecular formula is C17H27NOS2. The third kappa shape index (κ3) is 4.04. The molecule has 2 aliphatic rings. The lowest BCUT2D eigenvalue weighted by Gasteiger charge is -2.45. The number of rotatable bonds is 5. The molecular weight excluding hydrogens is 298 g/mol. The van der Waals surface area contributed by atoms with Gasteiger partial charge in [-0.05, 0) is 67.5 Å². The summed E-state index contributed by atoms with van der Waals surface area (Å²) in [4.78, 5) is 1.51. The van der Waals surface area contributed by atoms with E-state index in [1.165, 1.54) is 48.5 Å². The first-order valence-corrected chi connectivity index (χ1v) is 10.3.